The van der Waals surface area contributed by atoms with Crippen molar-refractivity contribution in [2.75, 3.05) is 39.9 Å². The molecule has 148 valence electrons. The van der Waals surface area contributed by atoms with E-state index in [-0.39, 0.29) is 30.7 Å². The molecule has 1 heterocycles. The first-order valence-corrected chi connectivity index (χ1v) is 9.12. The van der Waals surface area contributed by atoms with Crippen LogP contribution in [0.3, 0.4) is 0 Å². The van der Waals surface area contributed by atoms with Gasteiger partial charge >= 0.3 is 0 Å². The summed E-state index contributed by atoms with van der Waals surface area (Å²) in [5, 5.41) is 0. The predicted molar refractivity (Wildman–Crippen MR) is 102 cm³/mol. The van der Waals surface area contributed by atoms with Crippen molar-refractivity contribution in [2.24, 2.45) is 0 Å². The lowest BCUT2D eigenvalue weighted by molar-refractivity contribution is -0.140. The van der Waals surface area contributed by atoms with Gasteiger partial charge in [0.2, 0.25) is 5.91 Å². The number of amides is 2. The minimum atomic E-state index is -0.319. The van der Waals surface area contributed by atoms with Crippen molar-refractivity contribution in [1.29, 1.82) is 0 Å². The first-order valence-electron chi connectivity index (χ1n) is 9.12. The number of methoxy groups -OCH3 is 1. The van der Waals surface area contributed by atoms with E-state index in [1.54, 1.807) is 53.3 Å². The van der Waals surface area contributed by atoms with Gasteiger partial charge in [0.05, 0.1) is 13.5 Å². The normalized spacial score (nSPS) is 13.9. The molecular weight excluding hydrogens is 363 g/mol. The Hall–Kier alpha value is -3.09. The fourth-order valence-electron chi connectivity index (χ4n) is 3.00. The quantitative estimate of drug-likeness (QED) is 0.763. The van der Waals surface area contributed by atoms with Crippen molar-refractivity contribution in [3.63, 3.8) is 0 Å². The van der Waals surface area contributed by atoms with E-state index in [2.05, 4.69) is 0 Å². The highest BCUT2D eigenvalue weighted by molar-refractivity contribution is 5.80. The van der Waals surface area contributed by atoms with Gasteiger partial charge < -0.3 is 19.3 Å². The molecule has 7 heteroatoms. The lowest BCUT2D eigenvalue weighted by Crippen LogP contribution is -2.52. The molecule has 28 heavy (non-hydrogen) atoms. The number of benzene rings is 2. The molecule has 2 amide bonds. The van der Waals surface area contributed by atoms with Gasteiger partial charge in [0.1, 0.15) is 17.3 Å². The highest BCUT2D eigenvalue weighted by Crippen LogP contribution is 2.17. The molecule has 1 aliphatic rings. The van der Waals surface area contributed by atoms with Gasteiger partial charge in [0, 0.05) is 26.2 Å². The van der Waals surface area contributed by atoms with Gasteiger partial charge in [-0.05, 0) is 42.0 Å². The molecule has 0 spiro atoms. The Balaban J connectivity index is 1.42. The van der Waals surface area contributed by atoms with E-state index in [0.717, 1.165) is 11.3 Å². The maximum absolute atomic E-state index is 13.0. The van der Waals surface area contributed by atoms with Crippen LogP contribution in [0.2, 0.25) is 0 Å². The van der Waals surface area contributed by atoms with Crippen molar-refractivity contribution >= 4 is 11.8 Å². The van der Waals surface area contributed by atoms with E-state index < -0.39 is 0 Å². The van der Waals surface area contributed by atoms with Crippen LogP contribution in [0.4, 0.5) is 4.39 Å². The Labute approximate surface area is 163 Å². The fraction of sp³-hybridized carbons (Fsp3) is 0.333. The molecule has 0 bridgehead atoms. The highest BCUT2D eigenvalue weighted by Gasteiger charge is 2.24. The molecule has 0 atom stereocenters. The molecule has 3 rings (SSSR count). The third kappa shape index (κ3) is 5.22. The minimum absolute atomic E-state index is 0.0202. The summed E-state index contributed by atoms with van der Waals surface area (Å²) in [7, 11) is 1.59. The Morgan fingerprint density at radius 2 is 1.39 bits per heavy atom. The number of halogens is 1. The van der Waals surface area contributed by atoms with Gasteiger partial charge in [-0.3, -0.25) is 9.59 Å². The second kappa shape index (κ2) is 9.21. The molecule has 0 aliphatic carbocycles. The van der Waals surface area contributed by atoms with Crippen LogP contribution in [-0.4, -0.2) is 61.5 Å². The lowest BCUT2D eigenvalue weighted by atomic mass is 10.1. The van der Waals surface area contributed by atoms with Crippen molar-refractivity contribution < 1.29 is 23.5 Å². The third-order valence-corrected chi connectivity index (χ3v) is 4.68. The second-order valence-corrected chi connectivity index (χ2v) is 6.53. The Bertz CT molecular complexity index is 800. The predicted octanol–water partition coefficient (Wildman–Crippen LogP) is 2.13. The van der Waals surface area contributed by atoms with Crippen LogP contribution in [-0.2, 0) is 16.0 Å². The SMILES string of the molecule is COc1ccc(OCC(=O)N2CCN(C(=O)Cc3ccc(F)cc3)CC2)cc1. The molecule has 0 saturated carbocycles. The topological polar surface area (TPSA) is 59.1 Å². The number of piperazine rings is 1. The van der Waals surface area contributed by atoms with Crippen LogP contribution < -0.4 is 9.47 Å². The number of rotatable bonds is 6. The Morgan fingerprint density at radius 1 is 0.857 bits per heavy atom. The summed E-state index contributed by atoms with van der Waals surface area (Å²) in [6.07, 6.45) is 0.231. The van der Waals surface area contributed by atoms with E-state index in [1.807, 2.05) is 0 Å². The van der Waals surface area contributed by atoms with E-state index in [0.29, 0.717) is 31.9 Å². The lowest BCUT2D eigenvalue weighted by Gasteiger charge is -2.34. The van der Waals surface area contributed by atoms with E-state index in [1.165, 1.54) is 12.1 Å². The molecule has 0 unspecified atom stereocenters. The smallest absolute Gasteiger partial charge is 0.260 e. The number of carbonyl (C=O) groups is 2. The number of hydrogen-bond donors (Lipinski definition) is 0. The van der Waals surface area contributed by atoms with Crippen LogP contribution in [0.5, 0.6) is 11.5 Å². The summed E-state index contributed by atoms with van der Waals surface area (Å²) in [4.78, 5) is 28.2. The molecular formula is C21H23FN2O4. The van der Waals surface area contributed by atoms with E-state index in [4.69, 9.17) is 9.47 Å². The standard InChI is InChI=1S/C21H23FN2O4/c1-27-18-6-8-19(9-7-18)28-15-21(26)24-12-10-23(11-13-24)20(25)14-16-2-4-17(22)5-3-16/h2-9H,10-15H2,1H3. The zero-order valence-corrected chi connectivity index (χ0v) is 15.8. The highest BCUT2D eigenvalue weighted by atomic mass is 19.1. The second-order valence-electron chi connectivity index (χ2n) is 6.53. The first kappa shape index (κ1) is 19.7. The summed E-state index contributed by atoms with van der Waals surface area (Å²) >= 11 is 0. The van der Waals surface area contributed by atoms with Crippen LogP contribution in [0.25, 0.3) is 0 Å². The zero-order chi connectivity index (χ0) is 19.9. The minimum Gasteiger partial charge on any atom is -0.497 e. The summed E-state index contributed by atoms with van der Waals surface area (Å²) < 4.78 is 23.6. The summed E-state index contributed by atoms with van der Waals surface area (Å²) in [5.74, 6) is 0.872. The molecule has 0 N–H and O–H groups in total. The fourth-order valence-corrected chi connectivity index (χ4v) is 3.00. The maximum atomic E-state index is 13.0. The van der Waals surface area contributed by atoms with Gasteiger partial charge in [-0.15, -0.1) is 0 Å². The Kier molecular flexibility index (Phi) is 6.47. The van der Waals surface area contributed by atoms with Crippen LogP contribution >= 0.6 is 0 Å². The molecule has 1 fully saturated rings. The molecule has 1 saturated heterocycles. The first-order chi connectivity index (χ1) is 13.5. The van der Waals surface area contributed by atoms with E-state index in [9.17, 15) is 14.0 Å². The van der Waals surface area contributed by atoms with Gasteiger partial charge in [0.25, 0.3) is 5.91 Å². The molecule has 2 aromatic rings. The largest absolute Gasteiger partial charge is 0.497 e. The Morgan fingerprint density at radius 3 is 1.96 bits per heavy atom. The van der Waals surface area contributed by atoms with E-state index >= 15 is 0 Å². The van der Waals surface area contributed by atoms with Crippen molar-refractivity contribution in [2.45, 2.75) is 6.42 Å². The van der Waals surface area contributed by atoms with Gasteiger partial charge in [-0.25, -0.2) is 4.39 Å². The van der Waals surface area contributed by atoms with Gasteiger partial charge in [-0.2, -0.15) is 0 Å². The zero-order valence-electron chi connectivity index (χ0n) is 15.8. The number of nitrogens with zero attached hydrogens (tertiary/aromatic N) is 2. The molecule has 1 aliphatic heterocycles. The molecule has 0 aromatic heterocycles. The number of carbonyl (C=O) groups excluding carboxylic acids is 2. The van der Waals surface area contributed by atoms with Crippen LogP contribution in [0.15, 0.2) is 48.5 Å². The maximum Gasteiger partial charge on any atom is 0.260 e. The van der Waals surface area contributed by atoms with Gasteiger partial charge in [0.15, 0.2) is 6.61 Å². The van der Waals surface area contributed by atoms with Gasteiger partial charge in [-0.1, -0.05) is 12.1 Å². The van der Waals surface area contributed by atoms with Crippen molar-refractivity contribution in [3.05, 3.63) is 59.9 Å². The molecule has 0 radical (unpaired) electrons. The van der Waals surface area contributed by atoms with Crippen LogP contribution in [0, 0.1) is 5.82 Å². The average molecular weight is 386 g/mol. The molecule has 2 aromatic carbocycles. The van der Waals surface area contributed by atoms with Crippen molar-refractivity contribution in [1.82, 2.24) is 9.80 Å². The third-order valence-electron chi connectivity index (χ3n) is 4.68. The van der Waals surface area contributed by atoms with Crippen molar-refractivity contribution in [3.8, 4) is 11.5 Å². The number of hydrogen-bond acceptors (Lipinski definition) is 4. The molecule has 6 nitrogen and oxygen atoms in total. The summed E-state index contributed by atoms with van der Waals surface area (Å²) in [5.41, 5.74) is 0.776. The van der Waals surface area contributed by atoms with Crippen LogP contribution in [0.1, 0.15) is 5.56 Å². The number of ether oxygens (including phenoxy) is 2. The summed E-state index contributed by atoms with van der Waals surface area (Å²) in [6.45, 7) is 1.86. The average Bonchev–Trinajstić information content (AvgIpc) is 2.74. The monoisotopic (exact) mass is 386 g/mol. The summed E-state index contributed by atoms with van der Waals surface area (Å²) in [6, 6.07) is 13.0.